The maximum absolute atomic E-state index is 11.9. The molecule has 0 aromatic heterocycles. The summed E-state index contributed by atoms with van der Waals surface area (Å²) in [7, 11) is -2.22. The quantitative estimate of drug-likeness (QED) is 0.668. The van der Waals surface area contributed by atoms with Crippen molar-refractivity contribution in [2.45, 2.75) is 19.3 Å². The molecule has 1 heterocycles. The second-order valence-electron chi connectivity index (χ2n) is 4.18. The van der Waals surface area contributed by atoms with Crippen LogP contribution in [0.3, 0.4) is 0 Å². The summed E-state index contributed by atoms with van der Waals surface area (Å²) in [5.41, 5.74) is 0. The zero-order valence-electron chi connectivity index (χ0n) is 10.2. The van der Waals surface area contributed by atoms with Crippen LogP contribution in [-0.4, -0.2) is 55.7 Å². The highest BCUT2D eigenvalue weighted by molar-refractivity contribution is 7.89. The second kappa shape index (κ2) is 6.14. The van der Waals surface area contributed by atoms with Gasteiger partial charge in [0.05, 0.1) is 18.8 Å². The zero-order valence-corrected chi connectivity index (χ0v) is 11.0. The second-order valence-corrected chi connectivity index (χ2v) is 6.27. The van der Waals surface area contributed by atoms with Crippen molar-refractivity contribution in [1.82, 2.24) is 4.31 Å². The van der Waals surface area contributed by atoms with E-state index in [0.717, 1.165) is 0 Å². The van der Waals surface area contributed by atoms with Crippen LogP contribution in [-0.2, 0) is 24.3 Å². The molecule has 1 unspecified atom stereocenters. The van der Waals surface area contributed by atoms with E-state index < -0.39 is 27.9 Å². The number of carboxylic acids is 1. The van der Waals surface area contributed by atoms with E-state index in [9.17, 15) is 18.0 Å². The molecule has 1 aliphatic heterocycles. The Kier molecular flexibility index (Phi) is 5.09. The molecule has 0 amide bonds. The SMILES string of the molecule is COC(=O)CCCS(=O)(=O)N1CCC(C(=O)O)C1. The van der Waals surface area contributed by atoms with Crippen LogP contribution >= 0.6 is 0 Å². The van der Waals surface area contributed by atoms with E-state index in [-0.39, 0.29) is 31.7 Å². The topological polar surface area (TPSA) is 101 Å². The third-order valence-corrected chi connectivity index (χ3v) is 4.83. The van der Waals surface area contributed by atoms with E-state index in [1.807, 2.05) is 0 Å². The number of carbonyl (C=O) groups excluding carboxylic acids is 1. The predicted molar refractivity (Wildman–Crippen MR) is 62.4 cm³/mol. The minimum absolute atomic E-state index is 0.0237. The fraction of sp³-hybridized carbons (Fsp3) is 0.800. The van der Waals surface area contributed by atoms with Gasteiger partial charge >= 0.3 is 11.9 Å². The molecule has 8 heteroatoms. The first kappa shape index (κ1) is 14.9. The highest BCUT2D eigenvalue weighted by Crippen LogP contribution is 2.20. The van der Waals surface area contributed by atoms with Crippen LogP contribution in [0.1, 0.15) is 19.3 Å². The molecule has 1 N–H and O–H groups in total. The highest BCUT2D eigenvalue weighted by Gasteiger charge is 2.34. The van der Waals surface area contributed by atoms with Crippen molar-refractivity contribution in [1.29, 1.82) is 0 Å². The molecule has 0 spiro atoms. The van der Waals surface area contributed by atoms with Gasteiger partial charge in [0.2, 0.25) is 10.0 Å². The molecule has 7 nitrogen and oxygen atoms in total. The third kappa shape index (κ3) is 3.95. The molecular formula is C10H17NO6S. The van der Waals surface area contributed by atoms with Gasteiger partial charge in [0.1, 0.15) is 0 Å². The Bertz CT molecular complexity index is 418. The van der Waals surface area contributed by atoms with Crippen molar-refractivity contribution in [3.63, 3.8) is 0 Å². The van der Waals surface area contributed by atoms with Gasteiger partial charge in [0.15, 0.2) is 0 Å². The van der Waals surface area contributed by atoms with Gasteiger partial charge in [-0.3, -0.25) is 9.59 Å². The van der Waals surface area contributed by atoms with E-state index in [2.05, 4.69) is 4.74 Å². The fourth-order valence-corrected chi connectivity index (χ4v) is 3.37. The Hall–Kier alpha value is -1.15. The first-order valence-electron chi connectivity index (χ1n) is 5.64. The Morgan fingerprint density at radius 3 is 2.61 bits per heavy atom. The molecule has 1 rings (SSSR count). The first-order chi connectivity index (χ1) is 8.36. The van der Waals surface area contributed by atoms with Gasteiger partial charge in [-0.15, -0.1) is 0 Å². The molecule has 0 aliphatic carbocycles. The van der Waals surface area contributed by atoms with Gasteiger partial charge in [0.25, 0.3) is 0 Å². The number of esters is 1. The van der Waals surface area contributed by atoms with Crippen molar-refractivity contribution in [3.8, 4) is 0 Å². The van der Waals surface area contributed by atoms with Crippen molar-refractivity contribution >= 4 is 22.0 Å². The van der Waals surface area contributed by atoms with Crippen molar-refractivity contribution in [2.24, 2.45) is 5.92 Å². The molecule has 1 fully saturated rings. The standard InChI is InChI=1S/C10H17NO6S/c1-17-9(12)3-2-6-18(15,16)11-5-4-8(7-11)10(13)14/h8H,2-7H2,1H3,(H,13,14). The van der Waals surface area contributed by atoms with Gasteiger partial charge < -0.3 is 9.84 Å². The Labute approximate surface area is 106 Å². The minimum atomic E-state index is -3.47. The average molecular weight is 279 g/mol. The number of carboxylic acid groups (broad SMARTS) is 1. The average Bonchev–Trinajstić information content (AvgIpc) is 2.78. The summed E-state index contributed by atoms with van der Waals surface area (Å²) in [4.78, 5) is 21.6. The maximum Gasteiger partial charge on any atom is 0.307 e. The lowest BCUT2D eigenvalue weighted by atomic mass is 10.1. The van der Waals surface area contributed by atoms with Gasteiger partial charge in [-0.1, -0.05) is 0 Å². The summed E-state index contributed by atoms with van der Waals surface area (Å²) in [6, 6.07) is 0. The monoisotopic (exact) mass is 279 g/mol. The molecule has 104 valence electrons. The number of methoxy groups -OCH3 is 1. The summed E-state index contributed by atoms with van der Waals surface area (Å²) < 4.78 is 29.3. The van der Waals surface area contributed by atoms with Crippen molar-refractivity contribution < 1.29 is 27.9 Å². The molecule has 0 aromatic rings. The molecular weight excluding hydrogens is 262 g/mol. The van der Waals surface area contributed by atoms with Crippen molar-refractivity contribution in [3.05, 3.63) is 0 Å². The van der Waals surface area contributed by atoms with Crippen molar-refractivity contribution in [2.75, 3.05) is 26.0 Å². The number of aliphatic carboxylic acids is 1. The van der Waals surface area contributed by atoms with Crippen LogP contribution in [0.5, 0.6) is 0 Å². The van der Waals surface area contributed by atoms with E-state index >= 15 is 0 Å². The number of ether oxygens (including phenoxy) is 1. The summed E-state index contributed by atoms with van der Waals surface area (Å²) in [5, 5.41) is 8.79. The number of nitrogens with zero attached hydrogens (tertiary/aromatic N) is 1. The molecule has 1 aliphatic rings. The van der Waals surface area contributed by atoms with Gasteiger partial charge in [-0.25, -0.2) is 12.7 Å². The minimum Gasteiger partial charge on any atom is -0.481 e. The Morgan fingerprint density at radius 2 is 2.11 bits per heavy atom. The number of carbonyl (C=O) groups is 2. The van der Waals surface area contributed by atoms with Gasteiger partial charge in [-0.2, -0.15) is 0 Å². The van der Waals surface area contributed by atoms with Crippen LogP contribution in [0.25, 0.3) is 0 Å². The number of rotatable bonds is 6. The van der Waals surface area contributed by atoms with Crippen LogP contribution in [0.4, 0.5) is 0 Å². The molecule has 0 aromatic carbocycles. The first-order valence-corrected chi connectivity index (χ1v) is 7.25. The van der Waals surface area contributed by atoms with E-state index in [0.29, 0.717) is 6.42 Å². The molecule has 1 atom stereocenters. The maximum atomic E-state index is 11.9. The van der Waals surface area contributed by atoms with Gasteiger partial charge in [0, 0.05) is 19.5 Å². The van der Waals surface area contributed by atoms with Crippen LogP contribution < -0.4 is 0 Å². The summed E-state index contributed by atoms with van der Waals surface area (Å²) in [6.07, 6.45) is 0.570. The van der Waals surface area contributed by atoms with Crippen LogP contribution in [0, 0.1) is 5.92 Å². The molecule has 1 saturated heterocycles. The Morgan fingerprint density at radius 1 is 1.44 bits per heavy atom. The third-order valence-electron chi connectivity index (χ3n) is 2.90. The van der Waals surface area contributed by atoms with E-state index in [1.165, 1.54) is 11.4 Å². The lowest BCUT2D eigenvalue weighted by Gasteiger charge is -2.15. The summed E-state index contributed by atoms with van der Waals surface area (Å²) in [6.45, 7) is 0.257. The molecule has 0 bridgehead atoms. The highest BCUT2D eigenvalue weighted by atomic mass is 32.2. The summed E-state index contributed by atoms with van der Waals surface area (Å²) >= 11 is 0. The van der Waals surface area contributed by atoms with E-state index in [1.54, 1.807) is 0 Å². The normalized spacial score (nSPS) is 20.8. The summed E-state index contributed by atoms with van der Waals surface area (Å²) in [5.74, 6) is -2.20. The number of sulfonamides is 1. The Balaban J connectivity index is 2.45. The van der Waals surface area contributed by atoms with Crippen LogP contribution in [0.15, 0.2) is 0 Å². The van der Waals surface area contributed by atoms with Crippen LogP contribution in [0.2, 0.25) is 0 Å². The lowest BCUT2D eigenvalue weighted by molar-refractivity contribution is -0.141. The number of hydrogen-bond acceptors (Lipinski definition) is 5. The zero-order chi connectivity index (χ0) is 13.8. The molecule has 0 saturated carbocycles. The van der Waals surface area contributed by atoms with Gasteiger partial charge in [-0.05, 0) is 12.8 Å². The lowest BCUT2D eigenvalue weighted by Crippen LogP contribution is -2.32. The fourth-order valence-electron chi connectivity index (χ4n) is 1.81. The largest absolute Gasteiger partial charge is 0.481 e. The predicted octanol–water partition coefficient (Wildman–Crippen LogP) is -0.324. The number of hydrogen-bond donors (Lipinski definition) is 1. The molecule has 0 radical (unpaired) electrons. The smallest absolute Gasteiger partial charge is 0.307 e. The van der Waals surface area contributed by atoms with E-state index in [4.69, 9.17) is 5.11 Å². The molecule has 18 heavy (non-hydrogen) atoms.